The van der Waals surface area contributed by atoms with Crippen molar-refractivity contribution in [3.05, 3.63) is 29.8 Å². The molecule has 0 saturated heterocycles. The molecule has 1 aromatic carbocycles. The summed E-state index contributed by atoms with van der Waals surface area (Å²) in [6, 6.07) is 8.85. The largest absolute Gasteiger partial charge is 0.314 e. The van der Waals surface area contributed by atoms with Crippen LogP contribution in [0.15, 0.2) is 29.2 Å². The number of likely N-dealkylation sites (N-methyl/N-ethyl adjacent to an activating group) is 1. The molecule has 1 N–H and O–H groups in total. The van der Waals surface area contributed by atoms with E-state index in [2.05, 4.69) is 38.1 Å². The van der Waals surface area contributed by atoms with Crippen LogP contribution in [-0.4, -0.2) is 29.1 Å². The second-order valence-electron chi connectivity index (χ2n) is 3.92. The van der Waals surface area contributed by atoms with Gasteiger partial charge in [-0.15, -0.1) is 24.2 Å². The van der Waals surface area contributed by atoms with E-state index < -0.39 is 0 Å². The van der Waals surface area contributed by atoms with Crippen molar-refractivity contribution in [2.24, 2.45) is 0 Å². The fourth-order valence-electron chi connectivity index (χ4n) is 1.70. The minimum Gasteiger partial charge on any atom is -0.314 e. The van der Waals surface area contributed by atoms with Crippen molar-refractivity contribution in [2.45, 2.75) is 37.6 Å². The number of halogens is 1. The van der Waals surface area contributed by atoms with E-state index in [9.17, 15) is 5.21 Å². The number of hydrogen-bond acceptors (Lipinski definition) is 3. The first-order valence-electron chi connectivity index (χ1n) is 5.80. The van der Waals surface area contributed by atoms with Crippen molar-refractivity contribution in [1.29, 1.82) is 0 Å². The molecule has 1 rings (SSSR count). The Hall–Kier alpha value is -0.220. The van der Waals surface area contributed by atoms with Gasteiger partial charge in [0.2, 0.25) is 0 Å². The molecular formula is C13H22ClNOS. The van der Waals surface area contributed by atoms with Crippen LogP contribution in [0.5, 0.6) is 0 Å². The lowest BCUT2D eigenvalue weighted by Crippen LogP contribution is -2.29. The third kappa shape index (κ3) is 5.77. The van der Waals surface area contributed by atoms with Crippen LogP contribution >= 0.6 is 24.2 Å². The van der Waals surface area contributed by atoms with Gasteiger partial charge in [0.25, 0.3) is 0 Å². The lowest BCUT2D eigenvalue weighted by atomic mass is 10.0. The molecule has 0 heterocycles. The highest BCUT2D eigenvalue weighted by atomic mass is 35.5. The SMILES string of the molecule is CCSc1ccc(CC(CC)N(C)O)cc1.Cl. The van der Waals surface area contributed by atoms with Gasteiger partial charge in [-0.1, -0.05) is 26.0 Å². The van der Waals surface area contributed by atoms with E-state index in [4.69, 9.17) is 0 Å². The van der Waals surface area contributed by atoms with E-state index in [0.29, 0.717) is 0 Å². The van der Waals surface area contributed by atoms with Gasteiger partial charge in [0, 0.05) is 18.0 Å². The highest BCUT2D eigenvalue weighted by Gasteiger charge is 2.10. The lowest BCUT2D eigenvalue weighted by Gasteiger charge is -2.20. The smallest absolute Gasteiger partial charge is 0.0384 e. The maximum absolute atomic E-state index is 9.44. The molecule has 17 heavy (non-hydrogen) atoms. The van der Waals surface area contributed by atoms with Crippen LogP contribution < -0.4 is 0 Å². The summed E-state index contributed by atoms with van der Waals surface area (Å²) < 4.78 is 0. The Morgan fingerprint density at radius 3 is 2.24 bits per heavy atom. The monoisotopic (exact) mass is 275 g/mol. The molecule has 1 aromatic rings. The van der Waals surface area contributed by atoms with Crippen molar-refractivity contribution in [2.75, 3.05) is 12.8 Å². The predicted molar refractivity (Wildman–Crippen MR) is 77.4 cm³/mol. The zero-order valence-electron chi connectivity index (χ0n) is 10.7. The normalized spacial score (nSPS) is 12.3. The molecule has 0 aliphatic rings. The summed E-state index contributed by atoms with van der Waals surface area (Å²) in [7, 11) is 1.72. The Balaban J connectivity index is 0.00000256. The molecule has 0 amide bonds. The molecule has 1 atom stereocenters. The summed E-state index contributed by atoms with van der Waals surface area (Å²) in [5, 5.41) is 10.8. The van der Waals surface area contributed by atoms with Crippen LogP contribution in [0, 0.1) is 0 Å². The van der Waals surface area contributed by atoms with Gasteiger partial charge < -0.3 is 5.21 Å². The van der Waals surface area contributed by atoms with E-state index in [1.165, 1.54) is 15.5 Å². The molecule has 0 radical (unpaired) electrons. The predicted octanol–water partition coefficient (Wildman–Crippen LogP) is 3.86. The van der Waals surface area contributed by atoms with Gasteiger partial charge in [-0.3, -0.25) is 0 Å². The molecule has 0 bridgehead atoms. The molecule has 0 fully saturated rings. The summed E-state index contributed by atoms with van der Waals surface area (Å²) in [6.45, 7) is 4.26. The zero-order valence-corrected chi connectivity index (χ0v) is 12.4. The minimum atomic E-state index is 0. The topological polar surface area (TPSA) is 23.5 Å². The van der Waals surface area contributed by atoms with Crippen LogP contribution in [0.25, 0.3) is 0 Å². The van der Waals surface area contributed by atoms with Gasteiger partial charge in [0.05, 0.1) is 0 Å². The Kier molecular flexibility index (Phi) is 8.70. The average molecular weight is 276 g/mol. The first kappa shape index (κ1) is 16.8. The molecule has 0 aliphatic heterocycles. The maximum Gasteiger partial charge on any atom is 0.0384 e. The van der Waals surface area contributed by atoms with E-state index in [0.717, 1.165) is 18.6 Å². The quantitative estimate of drug-likeness (QED) is 0.630. The fourth-order valence-corrected chi connectivity index (χ4v) is 2.36. The summed E-state index contributed by atoms with van der Waals surface area (Å²) in [5.74, 6) is 1.11. The minimum absolute atomic E-state index is 0. The van der Waals surface area contributed by atoms with Gasteiger partial charge in [-0.05, 0) is 36.3 Å². The summed E-state index contributed by atoms with van der Waals surface area (Å²) in [6.07, 6.45) is 1.86. The van der Waals surface area contributed by atoms with Gasteiger partial charge in [0.1, 0.15) is 0 Å². The molecule has 98 valence electrons. The highest BCUT2D eigenvalue weighted by Crippen LogP contribution is 2.19. The summed E-state index contributed by atoms with van der Waals surface area (Å²) in [5.41, 5.74) is 1.29. The molecule has 0 aromatic heterocycles. The number of benzene rings is 1. The number of nitrogens with zero attached hydrogens (tertiary/aromatic N) is 1. The van der Waals surface area contributed by atoms with Crippen molar-refractivity contribution < 1.29 is 5.21 Å². The molecule has 2 nitrogen and oxygen atoms in total. The molecule has 0 saturated carbocycles. The van der Waals surface area contributed by atoms with E-state index in [-0.39, 0.29) is 18.4 Å². The van der Waals surface area contributed by atoms with Crippen molar-refractivity contribution in [1.82, 2.24) is 5.06 Å². The number of hydroxylamine groups is 2. The van der Waals surface area contributed by atoms with Crippen LogP contribution in [0.4, 0.5) is 0 Å². The molecule has 0 aliphatic carbocycles. The zero-order chi connectivity index (χ0) is 12.0. The van der Waals surface area contributed by atoms with Crippen LogP contribution in [0.1, 0.15) is 25.8 Å². The second-order valence-corrected chi connectivity index (χ2v) is 5.25. The van der Waals surface area contributed by atoms with Gasteiger partial charge in [0.15, 0.2) is 0 Å². The van der Waals surface area contributed by atoms with Crippen molar-refractivity contribution >= 4 is 24.2 Å². The Bertz CT molecular complexity index is 303. The molecule has 0 spiro atoms. The Labute approximate surface area is 115 Å². The van der Waals surface area contributed by atoms with Crippen molar-refractivity contribution in [3.63, 3.8) is 0 Å². The fraction of sp³-hybridized carbons (Fsp3) is 0.538. The van der Waals surface area contributed by atoms with Gasteiger partial charge in [-0.2, -0.15) is 5.06 Å². The summed E-state index contributed by atoms with van der Waals surface area (Å²) in [4.78, 5) is 1.32. The first-order chi connectivity index (χ1) is 7.67. The van der Waals surface area contributed by atoms with Gasteiger partial charge in [-0.25, -0.2) is 0 Å². The van der Waals surface area contributed by atoms with Crippen molar-refractivity contribution in [3.8, 4) is 0 Å². The number of thioether (sulfide) groups is 1. The standard InChI is InChI=1S/C13H21NOS.ClH/c1-4-12(14(3)15)10-11-6-8-13(9-7-11)16-5-2;/h6-9,12,15H,4-5,10H2,1-3H3;1H. The Morgan fingerprint density at radius 1 is 1.24 bits per heavy atom. The van der Waals surface area contributed by atoms with E-state index in [1.54, 1.807) is 7.05 Å². The van der Waals surface area contributed by atoms with Crippen LogP contribution in [0.3, 0.4) is 0 Å². The number of hydrogen-bond donors (Lipinski definition) is 1. The molecular weight excluding hydrogens is 254 g/mol. The number of rotatable bonds is 6. The third-order valence-corrected chi connectivity index (χ3v) is 3.60. The third-order valence-electron chi connectivity index (χ3n) is 2.71. The second kappa shape index (κ2) is 8.81. The highest BCUT2D eigenvalue weighted by molar-refractivity contribution is 7.99. The summed E-state index contributed by atoms with van der Waals surface area (Å²) >= 11 is 1.86. The average Bonchev–Trinajstić information content (AvgIpc) is 2.28. The van der Waals surface area contributed by atoms with Crippen LogP contribution in [0.2, 0.25) is 0 Å². The maximum atomic E-state index is 9.44. The van der Waals surface area contributed by atoms with E-state index >= 15 is 0 Å². The van der Waals surface area contributed by atoms with Gasteiger partial charge >= 0.3 is 0 Å². The van der Waals surface area contributed by atoms with E-state index in [1.807, 2.05) is 11.8 Å². The van der Waals surface area contributed by atoms with Crippen LogP contribution in [-0.2, 0) is 6.42 Å². The molecule has 4 heteroatoms. The lowest BCUT2D eigenvalue weighted by molar-refractivity contribution is -0.103. The Morgan fingerprint density at radius 2 is 1.82 bits per heavy atom. The molecule has 1 unspecified atom stereocenters. The first-order valence-corrected chi connectivity index (χ1v) is 6.79.